The number of ether oxygens (including phenoxy) is 1. The van der Waals surface area contributed by atoms with Crippen molar-refractivity contribution in [3.05, 3.63) is 34.1 Å². The Morgan fingerprint density at radius 2 is 2.05 bits per heavy atom. The van der Waals surface area contributed by atoms with Crippen molar-refractivity contribution in [1.29, 1.82) is 0 Å². The van der Waals surface area contributed by atoms with Crippen LogP contribution in [0.3, 0.4) is 0 Å². The Labute approximate surface area is 117 Å². The smallest absolute Gasteiger partial charge is 0.416 e. The summed E-state index contributed by atoms with van der Waals surface area (Å²) in [5.74, 6) is -1.80. The van der Waals surface area contributed by atoms with Gasteiger partial charge in [0, 0.05) is 11.6 Å². The first kappa shape index (κ1) is 16.7. The summed E-state index contributed by atoms with van der Waals surface area (Å²) < 4.78 is 56.2. The second-order valence-corrected chi connectivity index (χ2v) is 4.38. The van der Waals surface area contributed by atoms with Gasteiger partial charge in [-0.25, -0.2) is 4.39 Å². The lowest BCUT2D eigenvalue weighted by Crippen LogP contribution is -2.19. The molecule has 1 atom stereocenters. The quantitative estimate of drug-likeness (QED) is 0.684. The van der Waals surface area contributed by atoms with Gasteiger partial charge in [-0.05, 0) is 19.1 Å². The maximum atomic E-state index is 13.7. The summed E-state index contributed by atoms with van der Waals surface area (Å²) in [7, 11) is 0. The van der Waals surface area contributed by atoms with Crippen molar-refractivity contribution in [2.75, 3.05) is 6.61 Å². The van der Waals surface area contributed by atoms with E-state index in [0.717, 1.165) is 0 Å². The molecule has 0 saturated carbocycles. The SMILES string of the molecule is CCOC(=O)C[C@H](N)c1cc(C(F)(F)F)cc(Cl)c1F. The first-order valence-corrected chi connectivity index (χ1v) is 6.02. The van der Waals surface area contributed by atoms with E-state index in [4.69, 9.17) is 17.3 Å². The van der Waals surface area contributed by atoms with Crippen LogP contribution in [0.1, 0.15) is 30.5 Å². The molecule has 20 heavy (non-hydrogen) atoms. The fourth-order valence-corrected chi connectivity index (χ4v) is 1.78. The highest BCUT2D eigenvalue weighted by Gasteiger charge is 2.33. The Morgan fingerprint density at radius 1 is 1.45 bits per heavy atom. The maximum absolute atomic E-state index is 13.7. The van der Waals surface area contributed by atoms with Gasteiger partial charge in [-0.2, -0.15) is 13.2 Å². The lowest BCUT2D eigenvalue weighted by atomic mass is 10.0. The second kappa shape index (κ2) is 6.41. The highest BCUT2D eigenvalue weighted by Crippen LogP contribution is 2.35. The van der Waals surface area contributed by atoms with Gasteiger partial charge in [0.2, 0.25) is 0 Å². The van der Waals surface area contributed by atoms with Gasteiger partial charge in [0.1, 0.15) is 5.82 Å². The molecule has 3 nitrogen and oxygen atoms in total. The van der Waals surface area contributed by atoms with Gasteiger partial charge in [-0.1, -0.05) is 11.6 Å². The molecule has 0 bridgehead atoms. The van der Waals surface area contributed by atoms with Crippen molar-refractivity contribution >= 4 is 17.6 Å². The van der Waals surface area contributed by atoms with E-state index in [1.807, 2.05) is 0 Å². The minimum absolute atomic E-state index is 0.0946. The first-order chi connectivity index (χ1) is 9.16. The van der Waals surface area contributed by atoms with Crippen LogP contribution < -0.4 is 5.73 Å². The zero-order chi connectivity index (χ0) is 15.5. The monoisotopic (exact) mass is 313 g/mol. The lowest BCUT2D eigenvalue weighted by Gasteiger charge is -2.16. The predicted octanol–water partition coefficient (Wildman–Crippen LogP) is 3.45. The van der Waals surface area contributed by atoms with Crippen LogP contribution in [0.15, 0.2) is 12.1 Å². The van der Waals surface area contributed by atoms with Gasteiger partial charge in [0.25, 0.3) is 0 Å². The van der Waals surface area contributed by atoms with E-state index in [1.54, 1.807) is 6.92 Å². The maximum Gasteiger partial charge on any atom is 0.416 e. The Hall–Kier alpha value is -1.34. The Morgan fingerprint density at radius 3 is 2.55 bits per heavy atom. The molecule has 1 aromatic carbocycles. The number of benzene rings is 1. The van der Waals surface area contributed by atoms with E-state index >= 15 is 0 Å². The van der Waals surface area contributed by atoms with Crippen LogP contribution in [-0.2, 0) is 15.7 Å². The average molecular weight is 314 g/mol. The van der Waals surface area contributed by atoms with Gasteiger partial charge < -0.3 is 10.5 Å². The van der Waals surface area contributed by atoms with E-state index in [-0.39, 0.29) is 6.61 Å². The van der Waals surface area contributed by atoms with Gasteiger partial charge in [0.05, 0.1) is 23.6 Å². The van der Waals surface area contributed by atoms with Crippen LogP contribution in [0.25, 0.3) is 0 Å². The Kier molecular flexibility index (Phi) is 5.35. The van der Waals surface area contributed by atoms with Crippen LogP contribution >= 0.6 is 11.6 Å². The van der Waals surface area contributed by atoms with Crippen LogP contribution in [-0.4, -0.2) is 12.6 Å². The van der Waals surface area contributed by atoms with E-state index in [0.29, 0.717) is 12.1 Å². The summed E-state index contributed by atoms with van der Waals surface area (Å²) in [6.07, 6.45) is -5.13. The number of carbonyl (C=O) groups excluding carboxylic acids is 1. The molecule has 0 radical (unpaired) electrons. The molecule has 1 aromatic rings. The van der Waals surface area contributed by atoms with Crippen molar-refractivity contribution in [2.24, 2.45) is 5.73 Å². The molecule has 1 rings (SSSR count). The summed E-state index contributed by atoms with van der Waals surface area (Å²) in [4.78, 5) is 11.2. The first-order valence-electron chi connectivity index (χ1n) is 5.64. The number of esters is 1. The van der Waals surface area contributed by atoms with Crippen LogP contribution in [0.5, 0.6) is 0 Å². The molecule has 0 unspecified atom stereocenters. The van der Waals surface area contributed by atoms with Crippen molar-refractivity contribution in [3.8, 4) is 0 Å². The lowest BCUT2D eigenvalue weighted by molar-refractivity contribution is -0.143. The van der Waals surface area contributed by atoms with Crippen LogP contribution in [0.4, 0.5) is 17.6 Å². The number of carbonyl (C=O) groups is 1. The van der Waals surface area contributed by atoms with Gasteiger partial charge in [-0.15, -0.1) is 0 Å². The summed E-state index contributed by atoms with van der Waals surface area (Å²) >= 11 is 5.42. The third-order valence-corrected chi connectivity index (χ3v) is 2.75. The number of halogens is 5. The van der Waals surface area contributed by atoms with E-state index in [2.05, 4.69) is 4.74 Å². The van der Waals surface area contributed by atoms with Crippen molar-refractivity contribution < 1.29 is 27.1 Å². The molecular formula is C12H12ClF4NO2. The van der Waals surface area contributed by atoms with E-state index in [1.165, 1.54) is 0 Å². The van der Waals surface area contributed by atoms with Gasteiger partial charge >= 0.3 is 12.1 Å². The molecule has 0 spiro atoms. The van der Waals surface area contributed by atoms with Gasteiger partial charge in [0.15, 0.2) is 0 Å². The average Bonchev–Trinajstić information content (AvgIpc) is 2.31. The zero-order valence-electron chi connectivity index (χ0n) is 10.4. The molecule has 0 aliphatic carbocycles. The predicted molar refractivity (Wildman–Crippen MR) is 64.6 cm³/mol. The number of hydrogen-bond donors (Lipinski definition) is 1. The van der Waals surface area contributed by atoms with E-state index in [9.17, 15) is 22.4 Å². The molecule has 0 aliphatic rings. The molecule has 0 fully saturated rings. The molecule has 0 saturated heterocycles. The Balaban J connectivity index is 3.10. The third kappa shape index (κ3) is 4.08. The van der Waals surface area contributed by atoms with Crippen LogP contribution in [0.2, 0.25) is 5.02 Å². The third-order valence-electron chi connectivity index (χ3n) is 2.48. The second-order valence-electron chi connectivity index (χ2n) is 3.97. The van der Waals surface area contributed by atoms with Crippen LogP contribution in [0, 0.1) is 5.82 Å². The number of hydrogen-bond acceptors (Lipinski definition) is 3. The summed E-state index contributed by atoms with van der Waals surface area (Å²) in [5.41, 5.74) is 3.94. The largest absolute Gasteiger partial charge is 0.466 e. The molecule has 0 aromatic heterocycles. The minimum Gasteiger partial charge on any atom is -0.466 e. The normalized spacial score (nSPS) is 13.2. The number of alkyl halides is 3. The molecular weight excluding hydrogens is 302 g/mol. The van der Waals surface area contributed by atoms with Gasteiger partial charge in [-0.3, -0.25) is 4.79 Å². The number of rotatable bonds is 4. The molecule has 2 N–H and O–H groups in total. The summed E-state index contributed by atoms with van der Waals surface area (Å²) in [5, 5.41) is -0.700. The topological polar surface area (TPSA) is 52.3 Å². The molecule has 8 heteroatoms. The molecule has 0 aliphatic heterocycles. The highest BCUT2D eigenvalue weighted by atomic mass is 35.5. The van der Waals surface area contributed by atoms with E-state index < -0.39 is 46.6 Å². The molecule has 0 heterocycles. The fraction of sp³-hybridized carbons (Fsp3) is 0.417. The summed E-state index contributed by atoms with van der Waals surface area (Å²) in [6.45, 7) is 1.66. The minimum atomic E-state index is -4.68. The Bertz CT molecular complexity index is 505. The molecule has 112 valence electrons. The highest BCUT2D eigenvalue weighted by molar-refractivity contribution is 6.30. The fourth-order valence-electron chi connectivity index (χ4n) is 1.55. The van der Waals surface area contributed by atoms with Crippen molar-refractivity contribution in [1.82, 2.24) is 0 Å². The van der Waals surface area contributed by atoms with Crippen molar-refractivity contribution in [3.63, 3.8) is 0 Å². The molecule has 0 amide bonds. The van der Waals surface area contributed by atoms with Crippen molar-refractivity contribution in [2.45, 2.75) is 25.6 Å². The number of nitrogens with two attached hydrogens (primary N) is 1. The summed E-state index contributed by atoms with van der Waals surface area (Å²) in [6, 6.07) is -0.253. The standard InChI is InChI=1S/C12H12ClF4NO2/c1-2-20-10(19)5-9(18)7-3-6(12(15,16)17)4-8(13)11(7)14/h3-4,9H,2,5,18H2,1H3/t9-/m0/s1. The zero-order valence-corrected chi connectivity index (χ0v) is 11.2.